The van der Waals surface area contributed by atoms with Gasteiger partial charge >= 0.3 is 0 Å². The molecule has 4 aromatic rings. The number of carbonyl (C=O) groups excluding carboxylic acids is 1. The second-order valence-corrected chi connectivity index (χ2v) is 15.1. The number of nitrogens with one attached hydrogen (secondary N) is 1. The Morgan fingerprint density at radius 1 is 0.978 bits per heavy atom. The Morgan fingerprint density at radius 2 is 1.74 bits per heavy atom. The number of para-hydroxylation sites is 1. The number of halogens is 3. The summed E-state index contributed by atoms with van der Waals surface area (Å²) in [7, 11) is -3.91. The largest absolute Gasteiger partial charge is 0.357 e. The molecule has 2 aliphatic carbocycles. The SMILES string of the molecule is O=C1C(Cc2ncn[nH]2)OC(c2cccc(Cl)c2)C(c2ccc(Cl)cc2)N1C(CN(c1ccccc1F)S(=O)(=O)C1CC1)C1CC1. The summed E-state index contributed by atoms with van der Waals surface area (Å²) in [6, 6.07) is 19.1. The maximum Gasteiger partial charge on any atom is 0.253 e. The zero-order valence-electron chi connectivity index (χ0n) is 24.7. The number of nitrogens with zero attached hydrogens (tertiary/aromatic N) is 4. The van der Waals surface area contributed by atoms with Crippen LogP contribution < -0.4 is 4.31 Å². The fourth-order valence-electron chi connectivity index (χ4n) is 6.36. The van der Waals surface area contributed by atoms with Crippen molar-refractivity contribution in [3.8, 4) is 0 Å². The molecule has 3 aromatic carbocycles. The van der Waals surface area contributed by atoms with Gasteiger partial charge in [-0.3, -0.25) is 14.2 Å². The summed E-state index contributed by atoms with van der Waals surface area (Å²) in [5.74, 6) is -0.487. The van der Waals surface area contributed by atoms with E-state index in [1.807, 2.05) is 30.3 Å². The summed E-state index contributed by atoms with van der Waals surface area (Å²) in [5, 5.41) is 7.21. The highest BCUT2D eigenvalue weighted by Crippen LogP contribution is 2.49. The van der Waals surface area contributed by atoms with Gasteiger partial charge < -0.3 is 9.64 Å². The van der Waals surface area contributed by atoms with Crippen molar-refractivity contribution < 1.29 is 22.3 Å². The minimum Gasteiger partial charge on any atom is -0.357 e. The molecule has 1 saturated heterocycles. The molecule has 9 nitrogen and oxygen atoms in total. The molecule has 1 aliphatic heterocycles. The Bertz CT molecular complexity index is 1820. The molecule has 2 heterocycles. The van der Waals surface area contributed by atoms with E-state index in [2.05, 4.69) is 15.2 Å². The van der Waals surface area contributed by atoms with E-state index in [0.717, 1.165) is 24.0 Å². The fraction of sp³-hybridized carbons (Fsp3) is 0.364. The van der Waals surface area contributed by atoms with Crippen LogP contribution in [0, 0.1) is 11.7 Å². The molecule has 1 N–H and O–H groups in total. The van der Waals surface area contributed by atoms with Gasteiger partial charge in [-0.05, 0) is 79.1 Å². The first-order valence-electron chi connectivity index (χ1n) is 15.3. The molecule has 240 valence electrons. The number of H-pyrrole nitrogens is 1. The summed E-state index contributed by atoms with van der Waals surface area (Å²) >= 11 is 12.8. The van der Waals surface area contributed by atoms with E-state index in [-0.39, 0.29) is 30.5 Å². The molecule has 0 radical (unpaired) electrons. The first-order valence-corrected chi connectivity index (χ1v) is 17.6. The predicted molar refractivity (Wildman–Crippen MR) is 172 cm³/mol. The van der Waals surface area contributed by atoms with Gasteiger partial charge in [0.1, 0.15) is 30.2 Å². The van der Waals surface area contributed by atoms with E-state index in [1.165, 1.54) is 28.8 Å². The lowest BCUT2D eigenvalue weighted by Gasteiger charge is -2.49. The van der Waals surface area contributed by atoms with Crippen molar-refractivity contribution in [3.05, 3.63) is 112 Å². The van der Waals surface area contributed by atoms with E-state index in [9.17, 15) is 13.2 Å². The van der Waals surface area contributed by atoms with Crippen molar-refractivity contribution in [1.29, 1.82) is 0 Å². The number of aromatic amines is 1. The van der Waals surface area contributed by atoms with Crippen LogP contribution in [0.25, 0.3) is 0 Å². The van der Waals surface area contributed by atoms with Crippen LogP contribution in [0.4, 0.5) is 10.1 Å². The van der Waals surface area contributed by atoms with Crippen LogP contribution in [0.1, 0.15) is 54.8 Å². The van der Waals surface area contributed by atoms with E-state index in [4.69, 9.17) is 27.9 Å². The normalized spacial score (nSPS) is 22.5. The minimum absolute atomic E-state index is 0.00790. The highest BCUT2D eigenvalue weighted by molar-refractivity contribution is 7.93. The molecule has 1 amide bonds. The van der Waals surface area contributed by atoms with Crippen LogP contribution in [-0.2, 0) is 26.0 Å². The molecule has 7 rings (SSSR count). The average Bonchev–Trinajstić information content (AvgIpc) is 3.98. The van der Waals surface area contributed by atoms with Gasteiger partial charge in [0.2, 0.25) is 10.0 Å². The van der Waals surface area contributed by atoms with Crippen molar-refractivity contribution in [2.45, 2.75) is 61.6 Å². The third-order valence-electron chi connectivity index (χ3n) is 8.91. The standard InChI is InChI=1S/C33H32Cl2FN5O4S/c34-23-12-10-21(11-13-23)31-32(22-4-3-5-24(35)16-22)45-29(17-30-37-19-38-39-30)33(42)41(31)28(20-8-9-20)18-40(46(43,44)25-14-15-25)27-7-2-1-6-26(27)36/h1-7,10-13,16,19-20,25,28-29,31-32H,8-9,14-15,17-18H2,(H,37,38,39). The number of rotatable bonds is 11. The molecule has 4 unspecified atom stereocenters. The number of hydrogen-bond acceptors (Lipinski definition) is 6. The second kappa shape index (κ2) is 12.6. The molecular weight excluding hydrogens is 652 g/mol. The van der Waals surface area contributed by atoms with E-state index >= 15 is 4.39 Å². The molecule has 3 aliphatic rings. The van der Waals surface area contributed by atoms with E-state index in [0.29, 0.717) is 28.7 Å². The van der Waals surface area contributed by atoms with Gasteiger partial charge in [-0.1, -0.05) is 59.6 Å². The number of morpholine rings is 1. The van der Waals surface area contributed by atoms with Crippen LogP contribution in [0.2, 0.25) is 10.0 Å². The van der Waals surface area contributed by atoms with Gasteiger partial charge in [0.15, 0.2) is 0 Å². The van der Waals surface area contributed by atoms with Crippen LogP contribution in [-0.4, -0.2) is 58.3 Å². The maximum absolute atomic E-state index is 15.4. The second-order valence-electron chi connectivity index (χ2n) is 12.1. The first-order chi connectivity index (χ1) is 22.2. The number of benzene rings is 3. The summed E-state index contributed by atoms with van der Waals surface area (Å²) in [5.41, 5.74) is 1.49. The van der Waals surface area contributed by atoms with Crippen LogP contribution in [0.5, 0.6) is 0 Å². The van der Waals surface area contributed by atoms with Crippen molar-refractivity contribution in [2.75, 3.05) is 10.8 Å². The van der Waals surface area contributed by atoms with Crippen molar-refractivity contribution in [2.24, 2.45) is 5.92 Å². The summed E-state index contributed by atoms with van der Waals surface area (Å²) in [6.45, 7) is -0.0996. The Kier molecular flexibility index (Phi) is 8.52. The lowest BCUT2D eigenvalue weighted by atomic mass is 9.89. The Balaban J connectivity index is 1.37. The van der Waals surface area contributed by atoms with Gasteiger partial charge in [-0.2, -0.15) is 5.10 Å². The molecule has 13 heteroatoms. The Labute approximate surface area is 276 Å². The predicted octanol–water partition coefficient (Wildman–Crippen LogP) is 6.28. The molecular formula is C33H32Cl2FN5O4S. The third kappa shape index (κ3) is 6.25. The Hall–Kier alpha value is -3.51. The van der Waals surface area contributed by atoms with Crippen molar-refractivity contribution >= 4 is 44.8 Å². The molecule has 4 atom stereocenters. The number of sulfonamides is 1. The lowest BCUT2D eigenvalue weighted by Crippen LogP contribution is -2.59. The number of aromatic nitrogens is 3. The number of anilines is 1. The topological polar surface area (TPSA) is 108 Å². The van der Waals surface area contributed by atoms with Crippen molar-refractivity contribution in [3.63, 3.8) is 0 Å². The first kappa shape index (κ1) is 31.1. The molecule has 3 fully saturated rings. The summed E-state index contributed by atoms with van der Waals surface area (Å²) in [6.07, 6.45) is 2.46. The molecule has 46 heavy (non-hydrogen) atoms. The maximum atomic E-state index is 15.4. The highest BCUT2D eigenvalue weighted by atomic mass is 35.5. The fourth-order valence-corrected chi connectivity index (χ4v) is 8.56. The zero-order chi connectivity index (χ0) is 32.0. The summed E-state index contributed by atoms with van der Waals surface area (Å²) in [4.78, 5) is 20.8. The zero-order valence-corrected chi connectivity index (χ0v) is 27.0. The highest BCUT2D eigenvalue weighted by Gasteiger charge is 2.52. The van der Waals surface area contributed by atoms with E-state index < -0.39 is 45.4 Å². The average molecular weight is 685 g/mol. The van der Waals surface area contributed by atoms with Crippen LogP contribution in [0.3, 0.4) is 0 Å². The number of hydrogen-bond donors (Lipinski definition) is 1. The van der Waals surface area contributed by atoms with Crippen LogP contribution >= 0.6 is 23.2 Å². The monoisotopic (exact) mass is 683 g/mol. The van der Waals surface area contributed by atoms with Crippen molar-refractivity contribution in [1.82, 2.24) is 20.1 Å². The van der Waals surface area contributed by atoms with Gasteiger partial charge in [-0.25, -0.2) is 17.8 Å². The van der Waals surface area contributed by atoms with Gasteiger partial charge in [0, 0.05) is 16.5 Å². The summed E-state index contributed by atoms with van der Waals surface area (Å²) < 4.78 is 51.1. The van der Waals surface area contributed by atoms with E-state index in [1.54, 1.807) is 29.2 Å². The third-order valence-corrected chi connectivity index (χ3v) is 11.7. The lowest BCUT2D eigenvalue weighted by molar-refractivity contribution is -0.179. The quantitative estimate of drug-likeness (QED) is 0.199. The Morgan fingerprint density at radius 3 is 2.39 bits per heavy atom. The molecule has 1 aromatic heterocycles. The smallest absolute Gasteiger partial charge is 0.253 e. The van der Waals surface area contributed by atoms with Gasteiger partial charge in [0.25, 0.3) is 5.91 Å². The number of amides is 1. The molecule has 2 saturated carbocycles. The molecule has 0 bridgehead atoms. The van der Waals surface area contributed by atoms with Gasteiger partial charge in [-0.15, -0.1) is 0 Å². The number of ether oxygens (including phenoxy) is 1. The minimum atomic E-state index is -3.91. The number of carbonyl (C=O) groups is 1. The van der Waals surface area contributed by atoms with Gasteiger partial charge in [0.05, 0.1) is 29.6 Å². The molecule has 0 spiro atoms. The van der Waals surface area contributed by atoms with Crippen LogP contribution in [0.15, 0.2) is 79.1 Å².